The fourth-order valence-corrected chi connectivity index (χ4v) is 1.46. The highest BCUT2D eigenvalue weighted by Crippen LogP contribution is 2.23. The van der Waals surface area contributed by atoms with Crippen LogP contribution in [0.4, 0.5) is 5.69 Å². The molecule has 5 nitrogen and oxygen atoms in total. The van der Waals surface area contributed by atoms with E-state index < -0.39 is 10.8 Å². The first kappa shape index (κ1) is 14.4. The van der Waals surface area contributed by atoms with Gasteiger partial charge in [-0.15, -0.1) is 0 Å². The molecule has 0 aromatic heterocycles. The van der Waals surface area contributed by atoms with Crippen molar-refractivity contribution in [3.8, 4) is 0 Å². The summed E-state index contributed by atoms with van der Waals surface area (Å²) in [5.41, 5.74) is -0.356. The molecule has 0 aliphatic carbocycles. The van der Waals surface area contributed by atoms with Gasteiger partial charge in [0.05, 0.1) is 4.92 Å². The molecule has 0 bridgehead atoms. The Morgan fingerprint density at radius 3 is 2.56 bits per heavy atom. The van der Waals surface area contributed by atoms with E-state index in [1.54, 1.807) is 0 Å². The molecule has 98 valence electrons. The van der Waals surface area contributed by atoms with Gasteiger partial charge in [-0.1, -0.05) is 32.4 Å². The van der Waals surface area contributed by atoms with Gasteiger partial charge in [0, 0.05) is 17.6 Å². The maximum atomic E-state index is 11.9. The van der Waals surface area contributed by atoms with Gasteiger partial charge in [0.2, 0.25) is 0 Å². The maximum absolute atomic E-state index is 11.9. The molecule has 1 rings (SSSR count). The Morgan fingerprint density at radius 2 is 2.06 bits per heavy atom. The van der Waals surface area contributed by atoms with Gasteiger partial charge in [0.15, 0.2) is 0 Å². The zero-order valence-corrected chi connectivity index (χ0v) is 11.2. The Kier molecular flexibility index (Phi) is 4.29. The Morgan fingerprint density at radius 1 is 1.44 bits per heavy atom. The monoisotopic (exact) mass is 270 g/mol. The van der Waals surface area contributed by atoms with Crippen molar-refractivity contribution in [1.29, 1.82) is 0 Å². The number of nitro groups is 1. The molecule has 1 amide bonds. The van der Waals surface area contributed by atoms with Crippen LogP contribution >= 0.6 is 11.6 Å². The van der Waals surface area contributed by atoms with E-state index in [-0.39, 0.29) is 16.7 Å². The van der Waals surface area contributed by atoms with Gasteiger partial charge in [-0.2, -0.15) is 0 Å². The largest absolute Gasteiger partial charge is 0.351 e. The third-order valence-electron chi connectivity index (χ3n) is 2.18. The van der Waals surface area contributed by atoms with Crippen LogP contribution in [0.5, 0.6) is 0 Å². The summed E-state index contributed by atoms with van der Waals surface area (Å²) in [5.74, 6) is -0.487. The molecule has 1 N–H and O–H groups in total. The van der Waals surface area contributed by atoms with Crippen LogP contribution in [0.1, 0.15) is 31.1 Å². The zero-order chi connectivity index (χ0) is 13.9. The van der Waals surface area contributed by atoms with Crippen molar-refractivity contribution < 1.29 is 9.72 Å². The number of carbonyl (C=O) groups is 1. The van der Waals surface area contributed by atoms with E-state index >= 15 is 0 Å². The average molecular weight is 271 g/mol. The highest BCUT2D eigenvalue weighted by atomic mass is 35.5. The van der Waals surface area contributed by atoms with Gasteiger partial charge in [-0.3, -0.25) is 14.9 Å². The minimum atomic E-state index is -0.595. The zero-order valence-electron chi connectivity index (χ0n) is 10.5. The van der Waals surface area contributed by atoms with Gasteiger partial charge in [0.1, 0.15) is 5.56 Å². The first-order chi connectivity index (χ1) is 8.20. The number of nitro benzene ring substituents is 1. The van der Waals surface area contributed by atoms with Gasteiger partial charge >= 0.3 is 0 Å². The van der Waals surface area contributed by atoms with E-state index in [2.05, 4.69) is 5.32 Å². The summed E-state index contributed by atoms with van der Waals surface area (Å²) in [4.78, 5) is 22.1. The molecule has 0 saturated heterocycles. The SMILES string of the molecule is CC(C)(C)CNC(=O)c1cc(Cl)ccc1[N+](=O)[O-]. The molecule has 0 aliphatic heterocycles. The summed E-state index contributed by atoms with van der Waals surface area (Å²) in [6, 6.07) is 3.92. The van der Waals surface area contributed by atoms with Crippen molar-refractivity contribution in [1.82, 2.24) is 5.32 Å². The Hall–Kier alpha value is -1.62. The van der Waals surface area contributed by atoms with Crippen LogP contribution in [0.2, 0.25) is 5.02 Å². The Balaban J connectivity index is 2.97. The molecule has 0 spiro atoms. The summed E-state index contributed by atoms with van der Waals surface area (Å²) in [5, 5.41) is 13.8. The first-order valence-electron chi connectivity index (χ1n) is 5.43. The molecular weight excluding hydrogens is 256 g/mol. The van der Waals surface area contributed by atoms with Crippen LogP contribution in [-0.2, 0) is 0 Å². The van der Waals surface area contributed by atoms with E-state index in [0.29, 0.717) is 11.6 Å². The van der Waals surface area contributed by atoms with Crippen molar-refractivity contribution in [2.24, 2.45) is 5.41 Å². The number of hydrogen-bond acceptors (Lipinski definition) is 3. The van der Waals surface area contributed by atoms with Gasteiger partial charge < -0.3 is 5.32 Å². The van der Waals surface area contributed by atoms with E-state index in [0.717, 1.165) is 0 Å². The normalized spacial score (nSPS) is 11.1. The summed E-state index contributed by atoms with van der Waals surface area (Å²) < 4.78 is 0. The van der Waals surface area contributed by atoms with Crippen LogP contribution < -0.4 is 5.32 Å². The number of carbonyl (C=O) groups excluding carboxylic acids is 1. The van der Waals surface area contributed by atoms with Crippen LogP contribution in [0.15, 0.2) is 18.2 Å². The molecule has 1 aromatic rings. The first-order valence-corrected chi connectivity index (χ1v) is 5.80. The molecule has 0 heterocycles. The van der Waals surface area contributed by atoms with Crippen molar-refractivity contribution >= 4 is 23.2 Å². The summed E-state index contributed by atoms with van der Waals surface area (Å²) in [6.07, 6.45) is 0. The number of rotatable bonds is 3. The molecule has 6 heteroatoms. The summed E-state index contributed by atoms with van der Waals surface area (Å²) in [7, 11) is 0. The van der Waals surface area contributed by atoms with Crippen molar-refractivity contribution in [3.63, 3.8) is 0 Å². The highest BCUT2D eigenvalue weighted by Gasteiger charge is 2.21. The fraction of sp³-hybridized carbons (Fsp3) is 0.417. The summed E-state index contributed by atoms with van der Waals surface area (Å²) in [6.45, 7) is 6.30. The molecule has 0 radical (unpaired) electrons. The molecule has 0 saturated carbocycles. The second-order valence-electron chi connectivity index (χ2n) is 5.16. The lowest BCUT2D eigenvalue weighted by Gasteiger charge is -2.18. The lowest BCUT2D eigenvalue weighted by atomic mass is 9.97. The second-order valence-corrected chi connectivity index (χ2v) is 5.60. The maximum Gasteiger partial charge on any atom is 0.282 e. The van der Waals surface area contributed by atoms with Gasteiger partial charge in [0.25, 0.3) is 11.6 Å². The highest BCUT2D eigenvalue weighted by molar-refractivity contribution is 6.31. The predicted octanol–water partition coefficient (Wildman–Crippen LogP) is 3.02. The van der Waals surface area contributed by atoms with Gasteiger partial charge in [-0.25, -0.2) is 0 Å². The number of nitrogens with zero attached hydrogens (tertiary/aromatic N) is 1. The molecule has 0 aliphatic rings. The number of hydrogen-bond donors (Lipinski definition) is 1. The van der Waals surface area contributed by atoms with Crippen molar-refractivity contribution in [2.45, 2.75) is 20.8 Å². The Bertz CT molecular complexity index is 481. The standard InChI is InChI=1S/C12H15ClN2O3/c1-12(2,3)7-14-11(16)9-6-8(13)4-5-10(9)15(17)18/h4-6H,7H2,1-3H3,(H,14,16). The lowest BCUT2D eigenvalue weighted by Crippen LogP contribution is -2.32. The van der Waals surface area contributed by atoms with Crippen molar-refractivity contribution in [2.75, 3.05) is 6.54 Å². The van der Waals surface area contributed by atoms with E-state index in [1.807, 2.05) is 20.8 Å². The van der Waals surface area contributed by atoms with Crippen LogP contribution in [0, 0.1) is 15.5 Å². The second kappa shape index (κ2) is 5.35. The number of halogens is 1. The van der Waals surface area contributed by atoms with Gasteiger partial charge in [-0.05, 0) is 17.5 Å². The minimum Gasteiger partial charge on any atom is -0.351 e. The predicted molar refractivity (Wildman–Crippen MR) is 69.9 cm³/mol. The number of amides is 1. The molecule has 0 unspecified atom stereocenters. The van der Waals surface area contributed by atoms with E-state index in [9.17, 15) is 14.9 Å². The molecule has 1 aromatic carbocycles. The van der Waals surface area contributed by atoms with Crippen LogP contribution in [0.3, 0.4) is 0 Å². The minimum absolute atomic E-state index is 0.0169. The molecule has 18 heavy (non-hydrogen) atoms. The topological polar surface area (TPSA) is 72.2 Å². The van der Waals surface area contributed by atoms with Crippen LogP contribution in [0.25, 0.3) is 0 Å². The average Bonchev–Trinajstić information content (AvgIpc) is 2.24. The fourth-order valence-electron chi connectivity index (χ4n) is 1.29. The van der Waals surface area contributed by atoms with E-state index in [1.165, 1.54) is 18.2 Å². The smallest absolute Gasteiger partial charge is 0.282 e. The summed E-state index contributed by atoms with van der Waals surface area (Å²) >= 11 is 5.75. The molecule has 0 atom stereocenters. The van der Waals surface area contributed by atoms with Crippen LogP contribution in [-0.4, -0.2) is 17.4 Å². The molecule has 0 fully saturated rings. The number of benzene rings is 1. The molecular formula is C12H15ClN2O3. The lowest BCUT2D eigenvalue weighted by molar-refractivity contribution is -0.385. The number of nitrogens with one attached hydrogen (secondary N) is 1. The third kappa shape index (κ3) is 4.00. The third-order valence-corrected chi connectivity index (χ3v) is 2.41. The van der Waals surface area contributed by atoms with Crippen molar-refractivity contribution in [3.05, 3.63) is 38.9 Å². The van der Waals surface area contributed by atoms with E-state index in [4.69, 9.17) is 11.6 Å². The quantitative estimate of drug-likeness (QED) is 0.678. The Labute approximate surface area is 110 Å².